The topological polar surface area (TPSA) is 94.8 Å². The largest absolute Gasteiger partial charge is 0.484 e. The summed E-state index contributed by atoms with van der Waals surface area (Å²) in [6, 6.07) is 21.9. The second-order valence-corrected chi connectivity index (χ2v) is 9.66. The number of nitrogens with one attached hydrogen (secondary N) is 1. The first-order chi connectivity index (χ1) is 18.9. The van der Waals surface area contributed by atoms with Crippen LogP contribution < -0.4 is 15.5 Å². The zero-order valence-electron chi connectivity index (χ0n) is 21.4. The number of ether oxygens (including phenoxy) is 2. The minimum absolute atomic E-state index is 0.152. The predicted octanol–water partition coefficient (Wildman–Crippen LogP) is 6.69. The summed E-state index contributed by atoms with van der Waals surface area (Å²) in [7, 11) is 0. The van der Waals surface area contributed by atoms with Crippen LogP contribution in [0.15, 0.2) is 93.7 Å². The van der Waals surface area contributed by atoms with Crippen LogP contribution in [-0.4, -0.2) is 25.1 Å². The van der Waals surface area contributed by atoms with Crippen molar-refractivity contribution in [2.24, 2.45) is 0 Å². The van der Waals surface area contributed by atoms with E-state index in [1.165, 1.54) is 17.6 Å². The number of hydrogen-bond donors (Lipinski definition) is 1. The number of thiophene rings is 1. The van der Waals surface area contributed by atoms with E-state index >= 15 is 0 Å². The number of fused-ring (bicyclic) bond motifs is 1. The third kappa shape index (κ3) is 5.61. The van der Waals surface area contributed by atoms with Gasteiger partial charge in [-0.15, -0.1) is 11.3 Å². The van der Waals surface area contributed by atoms with Crippen molar-refractivity contribution in [3.05, 3.63) is 106 Å². The Bertz CT molecular complexity index is 1700. The van der Waals surface area contributed by atoms with Crippen LogP contribution in [-0.2, 0) is 9.53 Å². The van der Waals surface area contributed by atoms with E-state index in [0.29, 0.717) is 38.4 Å². The molecule has 2 aromatic heterocycles. The molecule has 0 bridgehead atoms. The normalized spacial score (nSPS) is 10.8. The first-order valence-corrected chi connectivity index (χ1v) is 13.2. The number of carbonyl (C=O) groups is 2. The molecular formula is C31H25NO6S. The number of aryl methyl sites for hydroxylation is 1. The maximum absolute atomic E-state index is 13.0. The Labute approximate surface area is 228 Å². The van der Waals surface area contributed by atoms with E-state index in [1.807, 2.05) is 66.9 Å². The van der Waals surface area contributed by atoms with Gasteiger partial charge in [0.25, 0.3) is 5.91 Å². The van der Waals surface area contributed by atoms with Crippen LogP contribution in [0, 0.1) is 6.92 Å². The molecule has 0 fully saturated rings. The fourth-order valence-electron chi connectivity index (χ4n) is 4.13. The van der Waals surface area contributed by atoms with Gasteiger partial charge in [-0.1, -0.05) is 60.2 Å². The van der Waals surface area contributed by atoms with Gasteiger partial charge in [0.2, 0.25) is 0 Å². The molecule has 0 atom stereocenters. The number of amides is 1. The van der Waals surface area contributed by atoms with E-state index in [4.69, 9.17) is 13.9 Å². The summed E-state index contributed by atoms with van der Waals surface area (Å²) in [5.74, 6) is -0.589. The van der Waals surface area contributed by atoms with Crippen LogP contribution >= 0.6 is 11.3 Å². The van der Waals surface area contributed by atoms with Crippen molar-refractivity contribution in [2.45, 2.75) is 13.8 Å². The first-order valence-electron chi connectivity index (χ1n) is 12.3. The van der Waals surface area contributed by atoms with Gasteiger partial charge < -0.3 is 19.2 Å². The number of benzene rings is 3. The summed E-state index contributed by atoms with van der Waals surface area (Å²) in [6.45, 7) is 3.62. The second-order valence-electron chi connectivity index (χ2n) is 8.78. The fraction of sp³-hybridized carbons (Fsp3) is 0.129. The highest BCUT2D eigenvalue weighted by Crippen LogP contribution is 2.36. The number of carbonyl (C=O) groups excluding carboxylic acids is 2. The molecular weight excluding hydrogens is 514 g/mol. The minimum Gasteiger partial charge on any atom is -0.484 e. The fourth-order valence-corrected chi connectivity index (χ4v) is 5.10. The van der Waals surface area contributed by atoms with Crippen molar-refractivity contribution in [3.63, 3.8) is 0 Å². The number of rotatable bonds is 8. The van der Waals surface area contributed by atoms with E-state index in [2.05, 4.69) is 5.32 Å². The Balaban J connectivity index is 1.32. The maximum Gasteiger partial charge on any atom is 0.341 e. The average Bonchev–Trinajstić information content (AvgIpc) is 3.36. The molecule has 7 nitrogen and oxygen atoms in total. The van der Waals surface area contributed by atoms with E-state index in [1.54, 1.807) is 25.1 Å². The van der Waals surface area contributed by atoms with Crippen LogP contribution in [0.25, 0.3) is 33.2 Å². The molecule has 0 radical (unpaired) electrons. The van der Waals surface area contributed by atoms with Gasteiger partial charge in [-0.05, 0) is 37.1 Å². The van der Waals surface area contributed by atoms with Crippen molar-refractivity contribution in [2.75, 3.05) is 18.5 Å². The van der Waals surface area contributed by atoms with Gasteiger partial charge in [-0.2, -0.15) is 0 Å². The Morgan fingerprint density at radius 1 is 0.949 bits per heavy atom. The van der Waals surface area contributed by atoms with Gasteiger partial charge in [-0.3, -0.25) is 9.59 Å². The van der Waals surface area contributed by atoms with Gasteiger partial charge in [0.1, 0.15) is 28.2 Å². The van der Waals surface area contributed by atoms with Crippen LogP contribution in [0.4, 0.5) is 5.00 Å². The Kier molecular flexibility index (Phi) is 7.56. The lowest BCUT2D eigenvalue weighted by molar-refractivity contribution is -0.118. The Hall–Kier alpha value is -4.69. The first kappa shape index (κ1) is 25.9. The van der Waals surface area contributed by atoms with Crippen LogP contribution in [0.3, 0.4) is 0 Å². The summed E-state index contributed by atoms with van der Waals surface area (Å²) in [5, 5.41) is 5.39. The van der Waals surface area contributed by atoms with Crippen LogP contribution in [0.2, 0.25) is 0 Å². The van der Waals surface area contributed by atoms with E-state index in [-0.39, 0.29) is 18.6 Å². The minimum atomic E-state index is -0.509. The molecule has 5 aromatic rings. The highest BCUT2D eigenvalue weighted by atomic mass is 32.1. The SMILES string of the molecule is CCOC(=O)c1c(-c2ccc(C)cc2)csc1NC(=O)COc1ccc2c(=O)c(-c3ccccc3)coc2c1. The third-order valence-electron chi connectivity index (χ3n) is 6.09. The summed E-state index contributed by atoms with van der Waals surface area (Å²) >= 11 is 1.24. The van der Waals surface area contributed by atoms with Crippen LogP contribution in [0.1, 0.15) is 22.8 Å². The molecule has 0 spiro atoms. The van der Waals surface area contributed by atoms with Crippen LogP contribution in [0.5, 0.6) is 5.75 Å². The van der Waals surface area contributed by atoms with Crippen molar-refractivity contribution in [3.8, 4) is 28.0 Å². The molecule has 39 heavy (non-hydrogen) atoms. The molecule has 1 N–H and O–H groups in total. The van der Waals surface area contributed by atoms with Gasteiger partial charge in [0, 0.05) is 17.0 Å². The van der Waals surface area contributed by atoms with E-state index in [9.17, 15) is 14.4 Å². The molecule has 0 saturated heterocycles. The number of hydrogen-bond acceptors (Lipinski definition) is 7. The molecule has 1 amide bonds. The molecule has 3 aromatic carbocycles. The highest BCUT2D eigenvalue weighted by molar-refractivity contribution is 7.15. The summed E-state index contributed by atoms with van der Waals surface area (Å²) < 4.78 is 16.6. The predicted molar refractivity (Wildman–Crippen MR) is 152 cm³/mol. The van der Waals surface area contributed by atoms with E-state index in [0.717, 1.165) is 16.7 Å². The Morgan fingerprint density at radius 2 is 1.69 bits per heavy atom. The van der Waals surface area contributed by atoms with E-state index < -0.39 is 11.9 Å². The monoisotopic (exact) mass is 539 g/mol. The molecule has 0 aliphatic carbocycles. The lowest BCUT2D eigenvalue weighted by atomic mass is 10.0. The molecule has 0 saturated carbocycles. The maximum atomic E-state index is 13.0. The standard InChI is InChI=1S/C31H25NO6S/c1-3-36-31(35)28-25(21-11-9-19(2)10-12-21)18-39-30(28)32-27(33)17-37-22-13-14-23-26(15-22)38-16-24(29(23)34)20-7-5-4-6-8-20/h4-16,18H,3,17H2,1-2H3,(H,32,33). The lowest BCUT2D eigenvalue weighted by Gasteiger charge is -2.10. The third-order valence-corrected chi connectivity index (χ3v) is 6.98. The molecule has 2 heterocycles. The smallest absolute Gasteiger partial charge is 0.341 e. The van der Waals surface area contributed by atoms with Crippen molar-refractivity contribution >= 4 is 39.2 Å². The molecule has 5 rings (SSSR count). The van der Waals surface area contributed by atoms with Crippen molar-refractivity contribution in [1.29, 1.82) is 0 Å². The van der Waals surface area contributed by atoms with Gasteiger partial charge in [0.15, 0.2) is 12.0 Å². The summed E-state index contributed by atoms with van der Waals surface area (Å²) in [6.07, 6.45) is 1.43. The highest BCUT2D eigenvalue weighted by Gasteiger charge is 2.23. The Morgan fingerprint density at radius 3 is 2.44 bits per heavy atom. The molecule has 196 valence electrons. The van der Waals surface area contributed by atoms with Crippen molar-refractivity contribution < 1.29 is 23.5 Å². The van der Waals surface area contributed by atoms with Crippen molar-refractivity contribution in [1.82, 2.24) is 0 Å². The zero-order chi connectivity index (χ0) is 27.4. The second kappa shape index (κ2) is 11.4. The number of anilines is 1. The number of esters is 1. The van der Waals surface area contributed by atoms with Gasteiger partial charge in [0.05, 0.1) is 17.6 Å². The lowest BCUT2D eigenvalue weighted by Crippen LogP contribution is -2.21. The molecule has 0 unspecified atom stereocenters. The van der Waals surface area contributed by atoms with Gasteiger partial charge in [-0.25, -0.2) is 4.79 Å². The average molecular weight is 540 g/mol. The quantitative estimate of drug-likeness (QED) is 0.221. The summed E-state index contributed by atoms with van der Waals surface area (Å²) in [4.78, 5) is 38.5. The summed E-state index contributed by atoms with van der Waals surface area (Å²) in [5.41, 5.74) is 4.38. The molecule has 0 aliphatic heterocycles. The zero-order valence-corrected chi connectivity index (χ0v) is 22.2. The molecule has 0 aliphatic rings. The molecule has 8 heteroatoms. The van der Waals surface area contributed by atoms with Gasteiger partial charge >= 0.3 is 5.97 Å².